The molecule has 1 saturated heterocycles. The van der Waals surface area contributed by atoms with E-state index in [2.05, 4.69) is 4.98 Å². The van der Waals surface area contributed by atoms with E-state index in [1.165, 1.54) is 12.3 Å². The van der Waals surface area contributed by atoms with Crippen LogP contribution in [0.2, 0.25) is 0 Å². The second kappa shape index (κ2) is 11.4. The predicted octanol–water partition coefficient (Wildman–Crippen LogP) is -9.50. The summed E-state index contributed by atoms with van der Waals surface area (Å²) in [6.07, 6.45) is 4.36. The molecule has 1 N–H and O–H groups in total. The van der Waals surface area contributed by atoms with Crippen LogP contribution in [0, 0.1) is 0 Å². The first-order valence-electron chi connectivity index (χ1n) is 8.40. The molecule has 3 heterocycles. The van der Waals surface area contributed by atoms with E-state index >= 15 is 0 Å². The number of hydrogen-bond donors (Lipinski definition) is 1. The Bertz CT molecular complexity index is 1150. The number of sulfone groups is 1. The number of fused-ring (bicyclic) bond motifs is 1. The largest absolute Gasteiger partial charge is 1.00 e. The zero-order chi connectivity index (χ0) is 22.1. The number of pyridine rings is 1. The number of hydrogen-bond acceptors (Lipinski definition) is 9. The van der Waals surface area contributed by atoms with Crippen LogP contribution in [-0.4, -0.2) is 59.7 Å². The van der Waals surface area contributed by atoms with Crippen LogP contribution in [0.25, 0.3) is 6.08 Å². The molecule has 0 unspecified atom stereocenters. The summed E-state index contributed by atoms with van der Waals surface area (Å²) in [5, 5.41) is 22.4. The van der Waals surface area contributed by atoms with Crippen molar-refractivity contribution in [3.63, 3.8) is 0 Å². The van der Waals surface area contributed by atoms with Gasteiger partial charge in [0.1, 0.15) is 0 Å². The molecule has 2 aliphatic rings. The molecule has 0 saturated carbocycles. The summed E-state index contributed by atoms with van der Waals surface area (Å²) in [7, 11) is -4.04. The summed E-state index contributed by atoms with van der Waals surface area (Å²) < 4.78 is 25.4. The number of carbonyl (C=O) groups is 4. The van der Waals surface area contributed by atoms with E-state index in [-0.39, 0.29) is 70.3 Å². The Morgan fingerprint density at radius 2 is 1.91 bits per heavy atom. The fourth-order valence-corrected chi connectivity index (χ4v) is 4.92. The minimum atomic E-state index is -4.04. The van der Waals surface area contributed by atoms with E-state index in [0.717, 1.165) is 12.2 Å². The zero-order valence-electron chi connectivity index (χ0n) is 17.1. The topological polar surface area (TPSA) is 177 Å². The molecule has 0 radical (unpaired) electrons. The van der Waals surface area contributed by atoms with E-state index in [0.29, 0.717) is 10.6 Å². The molecule has 1 aromatic rings. The molecule has 0 spiro atoms. The van der Waals surface area contributed by atoms with Crippen molar-refractivity contribution in [2.75, 3.05) is 12.3 Å². The van der Waals surface area contributed by atoms with Crippen molar-refractivity contribution in [1.29, 1.82) is 0 Å². The van der Waals surface area contributed by atoms with Gasteiger partial charge in [-0.1, -0.05) is 12.1 Å². The molecule has 14 heteroatoms. The van der Waals surface area contributed by atoms with E-state index in [1.54, 1.807) is 18.2 Å². The van der Waals surface area contributed by atoms with Crippen molar-refractivity contribution in [3.8, 4) is 0 Å². The van der Waals surface area contributed by atoms with Gasteiger partial charge in [-0.15, -0.1) is 0 Å². The molecule has 156 valence electrons. The van der Waals surface area contributed by atoms with Crippen molar-refractivity contribution in [1.82, 2.24) is 15.2 Å². The van der Waals surface area contributed by atoms with Crippen LogP contribution in [0.1, 0.15) is 5.69 Å². The van der Waals surface area contributed by atoms with Crippen molar-refractivity contribution in [2.45, 2.75) is 5.37 Å². The van der Waals surface area contributed by atoms with E-state index in [4.69, 9.17) is 0 Å². The van der Waals surface area contributed by atoms with Crippen molar-refractivity contribution in [3.05, 3.63) is 59.1 Å². The fraction of sp³-hybridized carbons (Fsp3) is 0.167. The molecule has 1 atom stereocenters. The summed E-state index contributed by atoms with van der Waals surface area (Å²) in [5.74, 6) is -5.88. The normalized spacial score (nSPS) is 20.0. The van der Waals surface area contributed by atoms with Gasteiger partial charge in [-0.2, -0.15) is 0 Å². The third-order valence-electron chi connectivity index (χ3n) is 4.24. The van der Waals surface area contributed by atoms with Crippen LogP contribution >= 0.6 is 0 Å². The average molecular weight is 477 g/mol. The minimum Gasteiger partial charge on any atom is -0.548 e. The van der Waals surface area contributed by atoms with Crippen LogP contribution < -0.4 is 74.6 Å². The van der Waals surface area contributed by atoms with Crippen LogP contribution in [0.15, 0.2) is 53.4 Å². The SMILES string of the molecule is O=C([O-])CNC(=O)/C=C/C1=C(C(=O)[O-])N2C(=O)/C(=C/c3ccccn3)[C@H]2S(=O)(=O)C1.[Na+].[Na+]. The quantitative estimate of drug-likeness (QED) is 0.237. The molecule has 3 rings (SSSR count). The smallest absolute Gasteiger partial charge is 0.548 e. The summed E-state index contributed by atoms with van der Waals surface area (Å²) in [6, 6.07) is 4.82. The summed E-state index contributed by atoms with van der Waals surface area (Å²) in [5.41, 5.74) is -0.839. The number of β-lactam (4-membered cyclic amide) rings is 1. The third kappa shape index (κ3) is 5.95. The van der Waals surface area contributed by atoms with Gasteiger partial charge in [-0.3, -0.25) is 19.5 Å². The van der Waals surface area contributed by atoms with Gasteiger partial charge in [0.2, 0.25) is 5.91 Å². The maximum Gasteiger partial charge on any atom is 1.00 e. The Labute approximate surface area is 226 Å². The predicted molar refractivity (Wildman–Crippen MR) is 95.8 cm³/mol. The van der Waals surface area contributed by atoms with Gasteiger partial charge >= 0.3 is 59.1 Å². The van der Waals surface area contributed by atoms with Crippen molar-refractivity contribution >= 4 is 39.7 Å². The van der Waals surface area contributed by atoms with Gasteiger partial charge in [0.05, 0.1) is 41.2 Å². The number of nitrogens with one attached hydrogen (secondary N) is 1. The Balaban J connectivity index is 0.00000256. The molecule has 0 bridgehead atoms. The van der Waals surface area contributed by atoms with E-state index in [9.17, 15) is 37.8 Å². The molecule has 32 heavy (non-hydrogen) atoms. The average Bonchev–Trinajstić information content (AvgIpc) is 2.68. The monoisotopic (exact) mass is 477 g/mol. The number of rotatable bonds is 6. The molecule has 0 aliphatic carbocycles. The van der Waals surface area contributed by atoms with Gasteiger partial charge in [0, 0.05) is 12.3 Å². The summed E-state index contributed by atoms with van der Waals surface area (Å²) in [6.45, 7) is -0.789. The zero-order valence-corrected chi connectivity index (χ0v) is 21.9. The van der Waals surface area contributed by atoms with Gasteiger partial charge in [0.25, 0.3) is 5.91 Å². The van der Waals surface area contributed by atoms with E-state index in [1.807, 2.05) is 5.32 Å². The van der Waals surface area contributed by atoms with Gasteiger partial charge in [0.15, 0.2) is 15.2 Å². The van der Waals surface area contributed by atoms with Crippen molar-refractivity contribution < 1.29 is 96.9 Å². The second-order valence-corrected chi connectivity index (χ2v) is 8.33. The maximum absolute atomic E-state index is 12.7. The Hall–Kier alpha value is -1.80. The standard InChI is InChI=1S/C18H15N3O8S.2Na/c22-13(20-8-14(23)24)5-4-10-9-30(28,29)17-12(7-11-3-1-2-6-19-11)16(25)21(17)15(10)18(26)27;;/h1-7,17H,8-9H2,(H,20,22)(H,23,24)(H,26,27);;/q;2*+1/p-2/b5-4+,12-7-;;/t17-;;/m1../s1. The van der Waals surface area contributed by atoms with Gasteiger partial charge in [-0.25, -0.2) is 8.42 Å². The number of amides is 2. The first-order valence-corrected chi connectivity index (χ1v) is 10.1. The van der Waals surface area contributed by atoms with E-state index < -0.39 is 57.0 Å². The van der Waals surface area contributed by atoms with Gasteiger partial charge in [-0.05, 0) is 23.8 Å². The maximum atomic E-state index is 12.7. The number of carbonyl (C=O) groups excluding carboxylic acids is 4. The molecular weight excluding hydrogens is 464 g/mol. The van der Waals surface area contributed by atoms with Crippen LogP contribution in [0.4, 0.5) is 0 Å². The molecule has 2 amide bonds. The molecular formula is C18H13N3Na2O8S. The summed E-state index contributed by atoms with van der Waals surface area (Å²) >= 11 is 0. The molecule has 1 aromatic heterocycles. The number of carboxylic acids is 2. The Morgan fingerprint density at radius 1 is 1.22 bits per heavy atom. The van der Waals surface area contributed by atoms with Crippen LogP contribution in [-0.2, 0) is 29.0 Å². The number of allylic oxidation sites excluding steroid dienone is 1. The molecule has 0 aromatic carbocycles. The first kappa shape index (κ1) is 28.2. The molecule has 11 nitrogen and oxygen atoms in total. The number of nitrogens with zero attached hydrogens (tertiary/aromatic N) is 2. The molecule has 1 fully saturated rings. The number of aliphatic carboxylic acids is 2. The second-order valence-electron chi connectivity index (χ2n) is 6.27. The summed E-state index contributed by atoms with van der Waals surface area (Å²) in [4.78, 5) is 50.7. The van der Waals surface area contributed by atoms with Gasteiger partial charge < -0.3 is 25.1 Å². The third-order valence-corrected chi connectivity index (χ3v) is 6.09. The van der Waals surface area contributed by atoms with Crippen molar-refractivity contribution in [2.24, 2.45) is 0 Å². The fourth-order valence-electron chi connectivity index (χ4n) is 3.02. The first-order chi connectivity index (χ1) is 14.1. The number of carboxylic acid groups (broad SMARTS) is 2. The number of aromatic nitrogens is 1. The minimum absolute atomic E-state index is 0. The van der Waals surface area contributed by atoms with Crippen LogP contribution in [0.3, 0.4) is 0 Å². The molecule has 2 aliphatic heterocycles. The Morgan fingerprint density at radius 3 is 2.47 bits per heavy atom. The van der Waals surface area contributed by atoms with Crippen LogP contribution in [0.5, 0.6) is 0 Å². The Kier molecular flexibility index (Phi) is 10.0.